The first-order chi connectivity index (χ1) is 8.11. The van der Waals surface area contributed by atoms with Crippen LogP contribution in [-0.2, 0) is 4.74 Å². The molecule has 94 valence electrons. The summed E-state index contributed by atoms with van der Waals surface area (Å²) in [6, 6.07) is 0. The average Bonchev–Trinajstić information content (AvgIpc) is 2.79. The van der Waals surface area contributed by atoms with E-state index in [4.69, 9.17) is 9.84 Å². The maximum absolute atomic E-state index is 10.8. The van der Waals surface area contributed by atoms with Gasteiger partial charge in [-0.05, 0) is 12.3 Å². The summed E-state index contributed by atoms with van der Waals surface area (Å²) in [6.45, 7) is 3.87. The molecule has 0 spiro atoms. The second kappa shape index (κ2) is 5.01. The molecule has 0 saturated carbocycles. The van der Waals surface area contributed by atoms with Crippen LogP contribution in [0, 0.1) is 5.92 Å². The van der Waals surface area contributed by atoms with Crippen molar-refractivity contribution in [1.29, 1.82) is 0 Å². The molecule has 1 saturated heterocycles. The second-order valence-corrected chi connectivity index (χ2v) is 5.31. The van der Waals surface area contributed by atoms with Crippen molar-refractivity contribution >= 4 is 22.4 Å². The highest BCUT2D eigenvalue weighted by molar-refractivity contribution is 7.17. The minimum absolute atomic E-state index is 0.195. The van der Waals surface area contributed by atoms with Gasteiger partial charge >= 0.3 is 5.97 Å². The van der Waals surface area contributed by atoms with Crippen LogP contribution in [-0.4, -0.2) is 42.4 Å². The number of hydrogen-bond donors (Lipinski definition) is 1. The lowest BCUT2D eigenvalue weighted by Gasteiger charge is -2.35. The number of ether oxygens (including phenoxy) is 1. The summed E-state index contributed by atoms with van der Waals surface area (Å²) in [6.07, 6.45) is 2.66. The molecule has 0 bridgehead atoms. The maximum atomic E-state index is 10.8. The van der Waals surface area contributed by atoms with Crippen molar-refractivity contribution in [3.8, 4) is 0 Å². The summed E-state index contributed by atoms with van der Waals surface area (Å²) in [4.78, 5) is 17.3. The van der Waals surface area contributed by atoms with E-state index < -0.39 is 5.97 Å². The molecule has 17 heavy (non-hydrogen) atoms. The molecule has 2 heterocycles. The third-order valence-corrected chi connectivity index (χ3v) is 4.21. The van der Waals surface area contributed by atoms with Crippen molar-refractivity contribution < 1.29 is 14.6 Å². The minimum Gasteiger partial charge on any atom is -0.477 e. The van der Waals surface area contributed by atoms with Crippen LogP contribution in [0.1, 0.15) is 23.0 Å². The first-order valence-electron chi connectivity index (χ1n) is 5.58. The smallest absolute Gasteiger partial charge is 0.347 e. The first kappa shape index (κ1) is 12.3. The number of carboxylic acids is 1. The highest BCUT2D eigenvalue weighted by Gasteiger charge is 2.27. The molecule has 1 aliphatic rings. The maximum Gasteiger partial charge on any atom is 0.347 e. The molecule has 0 aromatic carbocycles. The van der Waals surface area contributed by atoms with E-state index in [1.807, 2.05) is 0 Å². The molecule has 2 unspecified atom stereocenters. The lowest BCUT2D eigenvalue weighted by atomic mass is 9.96. The number of thiazole rings is 1. The molecule has 1 N–H and O–H groups in total. The fourth-order valence-corrected chi connectivity index (χ4v) is 2.81. The van der Waals surface area contributed by atoms with Crippen molar-refractivity contribution in [2.24, 2.45) is 5.92 Å². The van der Waals surface area contributed by atoms with Crippen LogP contribution in [0.3, 0.4) is 0 Å². The normalized spacial score (nSPS) is 24.9. The summed E-state index contributed by atoms with van der Waals surface area (Å²) in [5.41, 5.74) is 0. The zero-order chi connectivity index (χ0) is 12.4. The van der Waals surface area contributed by atoms with E-state index in [-0.39, 0.29) is 11.0 Å². The van der Waals surface area contributed by atoms with Gasteiger partial charge in [-0.3, -0.25) is 0 Å². The molecular weight excluding hydrogens is 240 g/mol. The van der Waals surface area contributed by atoms with Crippen LogP contribution >= 0.6 is 11.3 Å². The summed E-state index contributed by atoms with van der Waals surface area (Å²) in [5, 5.41) is 9.64. The van der Waals surface area contributed by atoms with Crippen LogP contribution in [0.4, 0.5) is 5.13 Å². The molecule has 0 amide bonds. The number of carbonyl (C=O) groups is 1. The Hall–Kier alpha value is -1.14. The number of aromatic carboxylic acids is 1. The predicted octanol–water partition coefficient (Wildman–Crippen LogP) is 1.70. The molecule has 1 aliphatic heterocycles. The third kappa shape index (κ3) is 2.58. The third-order valence-electron chi connectivity index (χ3n) is 3.17. The van der Waals surface area contributed by atoms with Gasteiger partial charge in [0.15, 0.2) is 5.13 Å². The van der Waals surface area contributed by atoms with Crippen LogP contribution in [0.25, 0.3) is 0 Å². The molecule has 1 fully saturated rings. The number of aromatic nitrogens is 1. The minimum atomic E-state index is -0.914. The second-order valence-electron chi connectivity index (χ2n) is 4.30. The number of methoxy groups -OCH3 is 1. The van der Waals surface area contributed by atoms with Crippen molar-refractivity contribution in [1.82, 2.24) is 4.98 Å². The highest BCUT2D eigenvalue weighted by atomic mass is 32.1. The molecule has 5 nitrogen and oxygen atoms in total. The van der Waals surface area contributed by atoms with Crippen molar-refractivity contribution in [3.05, 3.63) is 11.1 Å². The Morgan fingerprint density at radius 1 is 1.71 bits per heavy atom. The summed E-state index contributed by atoms with van der Waals surface area (Å²) in [7, 11) is 1.72. The molecule has 6 heteroatoms. The van der Waals surface area contributed by atoms with Crippen molar-refractivity contribution in [2.75, 3.05) is 25.1 Å². The SMILES string of the molecule is COC1CN(c2ncc(C(=O)O)s2)CCC1C. The molecular formula is C11H16N2O3S. The number of nitrogens with zero attached hydrogens (tertiary/aromatic N) is 2. The fourth-order valence-electron chi connectivity index (χ4n) is 2.02. The monoisotopic (exact) mass is 256 g/mol. The molecule has 2 rings (SSSR count). The van der Waals surface area contributed by atoms with Gasteiger partial charge in [0.1, 0.15) is 4.88 Å². The molecule has 1 aromatic heterocycles. The van der Waals surface area contributed by atoms with Gasteiger partial charge in [-0.15, -0.1) is 0 Å². The average molecular weight is 256 g/mol. The van der Waals surface area contributed by atoms with Gasteiger partial charge in [0.25, 0.3) is 0 Å². The summed E-state index contributed by atoms with van der Waals surface area (Å²) < 4.78 is 5.43. The Kier molecular flexibility index (Phi) is 3.63. The molecule has 0 radical (unpaired) electrons. The largest absolute Gasteiger partial charge is 0.477 e. The number of rotatable bonds is 3. The van der Waals surface area contributed by atoms with Crippen LogP contribution < -0.4 is 4.90 Å². The van der Waals surface area contributed by atoms with Gasteiger partial charge in [0, 0.05) is 20.2 Å². The lowest BCUT2D eigenvalue weighted by molar-refractivity contribution is 0.0498. The van der Waals surface area contributed by atoms with Crippen molar-refractivity contribution in [3.63, 3.8) is 0 Å². The van der Waals surface area contributed by atoms with E-state index in [1.54, 1.807) is 7.11 Å². The number of piperidine rings is 1. The number of hydrogen-bond acceptors (Lipinski definition) is 5. The predicted molar refractivity (Wildman–Crippen MR) is 65.9 cm³/mol. The Bertz CT molecular complexity index is 407. The fraction of sp³-hybridized carbons (Fsp3) is 0.636. The van der Waals surface area contributed by atoms with E-state index in [0.717, 1.165) is 24.6 Å². The molecule has 2 atom stereocenters. The molecule has 1 aromatic rings. The first-order valence-corrected chi connectivity index (χ1v) is 6.40. The Labute approximate surface area is 104 Å². The van der Waals surface area contributed by atoms with E-state index in [9.17, 15) is 4.79 Å². The van der Waals surface area contributed by atoms with Gasteiger partial charge in [-0.1, -0.05) is 18.3 Å². The Balaban J connectivity index is 2.09. The summed E-state index contributed by atoms with van der Waals surface area (Å²) >= 11 is 1.22. The van der Waals surface area contributed by atoms with Crippen LogP contribution in [0.5, 0.6) is 0 Å². The standard InChI is InChI=1S/C11H16N2O3S/c1-7-3-4-13(6-8(7)16-2)11-12-5-9(17-11)10(14)15/h5,7-8H,3-4,6H2,1-2H3,(H,14,15). The quantitative estimate of drug-likeness (QED) is 0.892. The van der Waals surface area contributed by atoms with E-state index in [2.05, 4.69) is 16.8 Å². The Morgan fingerprint density at radius 2 is 2.47 bits per heavy atom. The summed E-state index contributed by atoms with van der Waals surface area (Å²) in [5.74, 6) is -0.377. The Morgan fingerprint density at radius 3 is 3.06 bits per heavy atom. The van der Waals surface area contributed by atoms with E-state index in [0.29, 0.717) is 5.92 Å². The zero-order valence-corrected chi connectivity index (χ0v) is 10.7. The lowest BCUT2D eigenvalue weighted by Crippen LogP contribution is -2.43. The van der Waals surface area contributed by atoms with Gasteiger partial charge in [0.05, 0.1) is 12.3 Å². The van der Waals surface area contributed by atoms with E-state index in [1.165, 1.54) is 17.5 Å². The van der Waals surface area contributed by atoms with E-state index >= 15 is 0 Å². The van der Waals surface area contributed by atoms with Gasteiger partial charge < -0.3 is 14.7 Å². The topological polar surface area (TPSA) is 62.7 Å². The zero-order valence-electron chi connectivity index (χ0n) is 9.92. The molecule has 0 aliphatic carbocycles. The van der Waals surface area contributed by atoms with Crippen LogP contribution in [0.2, 0.25) is 0 Å². The van der Waals surface area contributed by atoms with Gasteiger partial charge in [0.2, 0.25) is 0 Å². The highest BCUT2D eigenvalue weighted by Crippen LogP contribution is 2.28. The van der Waals surface area contributed by atoms with Crippen LogP contribution in [0.15, 0.2) is 6.20 Å². The van der Waals surface area contributed by atoms with Gasteiger partial charge in [-0.2, -0.15) is 0 Å². The number of carboxylic acid groups (broad SMARTS) is 1. The van der Waals surface area contributed by atoms with Crippen molar-refractivity contribution in [2.45, 2.75) is 19.4 Å². The van der Waals surface area contributed by atoms with Gasteiger partial charge in [-0.25, -0.2) is 9.78 Å². The number of anilines is 1.